The van der Waals surface area contributed by atoms with E-state index in [1.807, 2.05) is 6.07 Å². The number of rotatable bonds is 13. The Hall–Kier alpha value is -4.45. The Labute approximate surface area is 231 Å². The van der Waals surface area contributed by atoms with Crippen molar-refractivity contribution in [3.8, 4) is 5.75 Å². The van der Waals surface area contributed by atoms with Crippen LogP contribution in [0.1, 0.15) is 36.8 Å². The molecule has 7 N–H and O–H groups in total. The van der Waals surface area contributed by atoms with Gasteiger partial charge in [0, 0.05) is 19.4 Å². The molecule has 2 aromatic carbocycles. The second kappa shape index (κ2) is 14.1. The number of aromatic hydroxyl groups is 1. The van der Waals surface area contributed by atoms with Crippen LogP contribution in [-0.2, 0) is 36.8 Å². The second-order valence-corrected chi connectivity index (χ2v) is 9.75. The fourth-order valence-corrected chi connectivity index (χ4v) is 4.60. The molecule has 1 aliphatic heterocycles. The standard InChI is InChI=1S/C28H34N4O8/c29-20(15-18-8-10-19(33)11-9-18)25(36)31-22(16-17-5-2-1-3-6-17)27(38)32-14-4-7-23(32)26(37)30-21(28(39)40)12-13-24(34)35/h1-3,5-6,8-11,20-23,33H,4,7,12-16,29H2,(H,30,37)(H,31,36)(H,34,35)(H,39,40). The SMILES string of the molecule is NC(Cc1ccc(O)cc1)C(=O)NC(Cc1ccccc1)C(=O)N1CCCC1C(=O)NC(CCC(=O)O)C(=O)O. The molecule has 0 saturated carbocycles. The van der Waals surface area contributed by atoms with Crippen LogP contribution >= 0.6 is 0 Å². The fourth-order valence-electron chi connectivity index (χ4n) is 4.60. The number of carbonyl (C=O) groups is 5. The number of phenolic OH excluding ortho intramolecular Hbond substituents is 1. The molecule has 2 aromatic rings. The minimum Gasteiger partial charge on any atom is -0.508 e. The first kappa shape index (κ1) is 30.1. The number of nitrogens with two attached hydrogens (primary N) is 1. The number of hydrogen-bond acceptors (Lipinski definition) is 7. The summed E-state index contributed by atoms with van der Waals surface area (Å²) in [5.74, 6) is -4.26. The molecule has 1 fully saturated rings. The lowest BCUT2D eigenvalue weighted by molar-refractivity contribution is -0.145. The van der Waals surface area contributed by atoms with Crippen LogP contribution in [0.2, 0.25) is 0 Å². The van der Waals surface area contributed by atoms with Gasteiger partial charge in [-0.05, 0) is 48.9 Å². The van der Waals surface area contributed by atoms with E-state index in [1.54, 1.807) is 36.4 Å². The fraction of sp³-hybridized carbons (Fsp3) is 0.393. The number of nitrogens with one attached hydrogen (secondary N) is 2. The summed E-state index contributed by atoms with van der Waals surface area (Å²) in [5.41, 5.74) is 7.62. The lowest BCUT2D eigenvalue weighted by Gasteiger charge is -2.30. The van der Waals surface area contributed by atoms with Crippen molar-refractivity contribution in [3.05, 3.63) is 65.7 Å². The largest absolute Gasteiger partial charge is 0.508 e. The Kier molecular flexibility index (Phi) is 10.6. The van der Waals surface area contributed by atoms with Gasteiger partial charge in [-0.1, -0.05) is 42.5 Å². The summed E-state index contributed by atoms with van der Waals surface area (Å²) in [5, 5.41) is 32.9. The number of likely N-dealkylation sites (tertiary alicyclic amines) is 1. The first-order valence-electron chi connectivity index (χ1n) is 13.0. The van der Waals surface area contributed by atoms with Gasteiger partial charge in [-0.15, -0.1) is 0 Å². The summed E-state index contributed by atoms with van der Waals surface area (Å²) in [4.78, 5) is 63.5. The number of hydrogen-bond donors (Lipinski definition) is 6. The predicted molar refractivity (Wildman–Crippen MR) is 143 cm³/mol. The molecule has 4 atom stereocenters. The van der Waals surface area contributed by atoms with Crippen LogP contribution in [0.15, 0.2) is 54.6 Å². The average molecular weight is 555 g/mol. The van der Waals surface area contributed by atoms with Crippen molar-refractivity contribution < 1.29 is 39.3 Å². The van der Waals surface area contributed by atoms with Crippen molar-refractivity contribution in [2.75, 3.05) is 6.54 Å². The molecule has 1 heterocycles. The maximum absolute atomic E-state index is 13.7. The lowest BCUT2D eigenvalue weighted by Crippen LogP contribution is -2.57. The minimum absolute atomic E-state index is 0.0797. The molecular weight excluding hydrogens is 520 g/mol. The topological polar surface area (TPSA) is 199 Å². The highest BCUT2D eigenvalue weighted by Crippen LogP contribution is 2.20. The smallest absolute Gasteiger partial charge is 0.326 e. The molecule has 1 aliphatic rings. The number of amides is 3. The first-order chi connectivity index (χ1) is 19.0. The van der Waals surface area contributed by atoms with E-state index in [2.05, 4.69) is 10.6 Å². The van der Waals surface area contributed by atoms with Gasteiger partial charge in [0.1, 0.15) is 23.9 Å². The molecule has 3 amide bonds. The monoisotopic (exact) mass is 554 g/mol. The van der Waals surface area contributed by atoms with Gasteiger partial charge in [-0.2, -0.15) is 0 Å². The van der Waals surface area contributed by atoms with Crippen molar-refractivity contribution in [2.45, 2.75) is 62.7 Å². The Bertz CT molecular complexity index is 1200. The van der Waals surface area contributed by atoms with Crippen molar-refractivity contribution in [3.63, 3.8) is 0 Å². The predicted octanol–water partition coefficient (Wildman–Crippen LogP) is 0.415. The van der Waals surface area contributed by atoms with Crippen LogP contribution in [0, 0.1) is 0 Å². The van der Waals surface area contributed by atoms with Crippen molar-refractivity contribution in [2.24, 2.45) is 5.73 Å². The van der Waals surface area contributed by atoms with E-state index in [1.165, 1.54) is 17.0 Å². The van der Waals surface area contributed by atoms with Crippen LogP contribution in [0.25, 0.3) is 0 Å². The van der Waals surface area contributed by atoms with Crippen LogP contribution in [0.5, 0.6) is 5.75 Å². The molecule has 0 radical (unpaired) electrons. The number of carbonyl (C=O) groups excluding carboxylic acids is 3. The van der Waals surface area contributed by atoms with Gasteiger partial charge < -0.3 is 36.6 Å². The normalized spacial score (nSPS) is 16.9. The highest BCUT2D eigenvalue weighted by Gasteiger charge is 2.39. The number of phenols is 1. The highest BCUT2D eigenvalue weighted by molar-refractivity contribution is 5.94. The average Bonchev–Trinajstić information content (AvgIpc) is 3.42. The molecule has 0 aromatic heterocycles. The van der Waals surface area contributed by atoms with Gasteiger partial charge in [0.15, 0.2) is 0 Å². The zero-order valence-electron chi connectivity index (χ0n) is 21.9. The Morgan fingerprint density at radius 3 is 2.17 bits per heavy atom. The number of aliphatic carboxylic acids is 2. The van der Waals surface area contributed by atoms with E-state index in [9.17, 15) is 34.2 Å². The number of carboxylic acids is 2. The summed E-state index contributed by atoms with van der Waals surface area (Å²) in [6.07, 6.45) is 0.333. The van der Waals surface area contributed by atoms with Gasteiger partial charge in [0.05, 0.1) is 6.04 Å². The maximum atomic E-state index is 13.7. The summed E-state index contributed by atoms with van der Waals surface area (Å²) >= 11 is 0. The Morgan fingerprint density at radius 2 is 1.55 bits per heavy atom. The number of nitrogens with zero attached hydrogens (tertiary/aromatic N) is 1. The Morgan fingerprint density at radius 1 is 0.900 bits per heavy atom. The zero-order chi connectivity index (χ0) is 29.2. The zero-order valence-corrected chi connectivity index (χ0v) is 21.9. The Balaban J connectivity index is 1.74. The van der Waals surface area contributed by atoms with Crippen LogP contribution < -0.4 is 16.4 Å². The third-order valence-electron chi connectivity index (χ3n) is 6.73. The molecular formula is C28H34N4O8. The summed E-state index contributed by atoms with van der Waals surface area (Å²) < 4.78 is 0. The molecule has 214 valence electrons. The first-order valence-corrected chi connectivity index (χ1v) is 13.0. The second-order valence-electron chi connectivity index (χ2n) is 9.75. The van der Waals surface area contributed by atoms with Crippen molar-refractivity contribution in [1.82, 2.24) is 15.5 Å². The van der Waals surface area contributed by atoms with Gasteiger partial charge in [0.2, 0.25) is 17.7 Å². The van der Waals surface area contributed by atoms with E-state index in [0.29, 0.717) is 6.42 Å². The highest BCUT2D eigenvalue weighted by atomic mass is 16.4. The summed E-state index contributed by atoms with van der Waals surface area (Å²) in [6.45, 7) is 0.227. The third-order valence-corrected chi connectivity index (χ3v) is 6.73. The van der Waals surface area contributed by atoms with Gasteiger partial charge in [-0.25, -0.2) is 4.79 Å². The molecule has 12 heteroatoms. The van der Waals surface area contributed by atoms with Crippen molar-refractivity contribution >= 4 is 29.7 Å². The molecule has 1 saturated heterocycles. The van der Waals surface area contributed by atoms with Crippen molar-refractivity contribution in [1.29, 1.82) is 0 Å². The van der Waals surface area contributed by atoms with E-state index in [4.69, 9.17) is 10.8 Å². The maximum Gasteiger partial charge on any atom is 0.326 e. The third kappa shape index (κ3) is 8.53. The van der Waals surface area contributed by atoms with Crippen LogP contribution in [-0.4, -0.2) is 80.6 Å². The van der Waals surface area contributed by atoms with E-state index in [-0.39, 0.29) is 38.0 Å². The number of carboxylic acid groups (broad SMARTS) is 2. The lowest BCUT2D eigenvalue weighted by atomic mass is 10.0. The van der Waals surface area contributed by atoms with Gasteiger partial charge >= 0.3 is 11.9 Å². The van der Waals surface area contributed by atoms with Gasteiger partial charge in [-0.3, -0.25) is 19.2 Å². The molecule has 4 unspecified atom stereocenters. The van der Waals surface area contributed by atoms with Crippen LogP contribution in [0.4, 0.5) is 0 Å². The molecule has 40 heavy (non-hydrogen) atoms. The minimum atomic E-state index is -1.42. The molecule has 3 rings (SSSR count). The quantitative estimate of drug-likeness (QED) is 0.203. The number of benzene rings is 2. The summed E-state index contributed by atoms with van der Waals surface area (Å²) in [6, 6.07) is 10.8. The van der Waals surface area contributed by atoms with E-state index in [0.717, 1.165) is 11.1 Å². The van der Waals surface area contributed by atoms with E-state index < -0.39 is 60.2 Å². The molecule has 0 aliphatic carbocycles. The summed E-state index contributed by atoms with van der Waals surface area (Å²) in [7, 11) is 0. The van der Waals surface area contributed by atoms with Crippen LogP contribution in [0.3, 0.4) is 0 Å². The van der Waals surface area contributed by atoms with Gasteiger partial charge in [0.25, 0.3) is 0 Å². The molecule has 0 spiro atoms. The molecule has 12 nitrogen and oxygen atoms in total. The molecule has 0 bridgehead atoms. The van der Waals surface area contributed by atoms with E-state index >= 15 is 0 Å².